The molecule has 146 valence electrons. The molecule has 0 saturated heterocycles. The minimum Gasteiger partial charge on any atom is -0.462 e. The van der Waals surface area contributed by atoms with E-state index in [0.29, 0.717) is 29.1 Å². The molecule has 1 atom stereocenters. The van der Waals surface area contributed by atoms with Crippen molar-refractivity contribution in [2.75, 3.05) is 16.8 Å². The fourth-order valence-corrected chi connectivity index (χ4v) is 3.40. The van der Waals surface area contributed by atoms with Crippen molar-refractivity contribution in [1.82, 2.24) is 4.98 Å². The Kier molecular flexibility index (Phi) is 4.99. The number of hydrogen-bond acceptors (Lipinski definition) is 5. The van der Waals surface area contributed by atoms with Crippen LogP contribution in [0.2, 0.25) is 0 Å². The van der Waals surface area contributed by atoms with Crippen LogP contribution in [0.3, 0.4) is 0 Å². The Bertz CT molecular complexity index is 1060. The molecule has 1 amide bonds. The Balaban J connectivity index is 1.71. The molecule has 2 heterocycles. The first-order valence-electron chi connectivity index (χ1n) is 9.47. The third-order valence-corrected chi connectivity index (χ3v) is 4.79. The van der Waals surface area contributed by atoms with Crippen LogP contribution in [0.5, 0.6) is 0 Å². The number of benzene rings is 2. The van der Waals surface area contributed by atoms with E-state index in [1.165, 1.54) is 0 Å². The van der Waals surface area contributed by atoms with Crippen LogP contribution in [0.4, 0.5) is 11.4 Å². The SMILES string of the molecule is CCOC(=O)c1cccc(N[C@H]2c3ncccc3C(=O)N2c2ccc(C)cc2)c1. The number of ether oxygens (including phenoxy) is 1. The van der Waals surface area contributed by atoms with E-state index in [4.69, 9.17) is 4.74 Å². The van der Waals surface area contributed by atoms with Gasteiger partial charge in [-0.3, -0.25) is 14.7 Å². The number of esters is 1. The molecule has 6 nitrogen and oxygen atoms in total. The van der Waals surface area contributed by atoms with E-state index >= 15 is 0 Å². The average molecular weight is 387 g/mol. The van der Waals surface area contributed by atoms with Crippen LogP contribution >= 0.6 is 0 Å². The number of carbonyl (C=O) groups excluding carboxylic acids is 2. The Morgan fingerprint density at radius 1 is 1.14 bits per heavy atom. The maximum Gasteiger partial charge on any atom is 0.338 e. The zero-order valence-electron chi connectivity index (χ0n) is 16.3. The maximum absolute atomic E-state index is 13.1. The first-order valence-corrected chi connectivity index (χ1v) is 9.47. The lowest BCUT2D eigenvalue weighted by atomic mass is 10.1. The summed E-state index contributed by atoms with van der Waals surface area (Å²) in [6, 6.07) is 18.4. The second kappa shape index (κ2) is 7.75. The van der Waals surface area contributed by atoms with Crippen molar-refractivity contribution in [2.24, 2.45) is 0 Å². The highest BCUT2D eigenvalue weighted by Gasteiger charge is 2.39. The second-order valence-electron chi connectivity index (χ2n) is 6.80. The zero-order chi connectivity index (χ0) is 20.4. The monoisotopic (exact) mass is 387 g/mol. The minimum atomic E-state index is -0.487. The van der Waals surface area contributed by atoms with E-state index < -0.39 is 6.17 Å². The molecule has 0 fully saturated rings. The summed E-state index contributed by atoms with van der Waals surface area (Å²) in [6.07, 6.45) is 1.19. The lowest BCUT2D eigenvalue weighted by Gasteiger charge is -2.26. The molecule has 0 unspecified atom stereocenters. The topological polar surface area (TPSA) is 71.5 Å². The highest BCUT2D eigenvalue weighted by atomic mass is 16.5. The Hall–Kier alpha value is -3.67. The van der Waals surface area contributed by atoms with Crippen LogP contribution in [0, 0.1) is 6.92 Å². The lowest BCUT2D eigenvalue weighted by Crippen LogP contribution is -2.32. The van der Waals surface area contributed by atoms with Gasteiger partial charge in [-0.05, 0) is 56.3 Å². The van der Waals surface area contributed by atoms with Crippen LogP contribution in [0.15, 0.2) is 66.9 Å². The number of carbonyl (C=O) groups is 2. The summed E-state index contributed by atoms with van der Waals surface area (Å²) in [5.74, 6) is -0.497. The fourth-order valence-electron chi connectivity index (χ4n) is 3.40. The zero-order valence-corrected chi connectivity index (χ0v) is 16.3. The van der Waals surface area contributed by atoms with Crippen LogP contribution in [-0.2, 0) is 4.74 Å². The molecule has 29 heavy (non-hydrogen) atoms. The number of aryl methyl sites for hydroxylation is 1. The average Bonchev–Trinajstić information content (AvgIpc) is 3.01. The van der Waals surface area contributed by atoms with Crippen molar-refractivity contribution in [3.05, 3.63) is 89.2 Å². The number of anilines is 2. The van der Waals surface area contributed by atoms with Crippen LogP contribution in [0.25, 0.3) is 0 Å². The first kappa shape index (κ1) is 18.7. The van der Waals surface area contributed by atoms with Gasteiger partial charge >= 0.3 is 5.97 Å². The predicted molar refractivity (Wildman–Crippen MR) is 111 cm³/mol. The van der Waals surface area contributed by atoms with E-state index in [9.17, 15) is 9.59 Å². The molecule has 1 aliphatic heterocycles. The fraction of sp³-hybridized carbons (Fsp3) is 0.174. The van der Waals surface area contributed by atoms with Gasteiger partial charge in [0.05, 0.1) is 23.4 Å². The van der Waals surface area contributed by atoms with Gasteiger partial charge in [0.2, 0.25) is 0 Å². The van der Waals surface area contributed by atoms with Crippen molar-refractivity contribution < 1.29 is 14.3 Å². The summed E-state index contributed by atoms with van der Waals surface area (Å²) in [5, 5.41) is 3.36. The van der Waals surface area contributed by atoms with E-state index in [1.807, 2.05) is 37.3 Å². The summed E-state index contributed by atoms with van der Waals surface area (Å²) < 4.78 is 5.08. The van der Waals surface area contributed by atoms with Gasteiger partial charge in [-0.15, -0.1) is 0 Å². The summed E-state index contributed by atoms with van der Waals surface area (Å²) in [5.41, 5.74) is 4.25. The minimum absolute atomic E-state index is 0.115. The molecule has 2 aromatic carbocycles. The largest absolute Gasteiger partial charge is 0.462 e. The van der Waals surface area contributed by atoms with Gasteiger partial charge in [0.1, 0.15) is 0 Å². The number of rotatable bonds is 5. The van der Waals surface area contributed by atoms with Crippen molar-refractivity contribution in [2.45, 2.75) is 20.0 Å². The molecular weight excluding hydrogens is 366 g/mol. The Morgan fingerprint density at radius 3 is 2.69 bits per heavy atom. The Labute approximate surface area is 169 Å². The summed E-state index contributed by atoms with van der Waals surface area (Å²) >= 11 is 0. The summed E-state index contributed by atoms with van der Waals surface area (Å²) in [6.45, 7) is 4.08. The van der Waals surface area contributed by atoms with Gasteiger partial charge in [0.25, 0.3) is 5.91 Å². The molecule has 6 heteroatoms. The van der Waals surface area contributed by atoms with Crippen molar-refractivity contribution in [1.29, 1.82) is 0 Å². The quantitative estimate of drug-likeness (QED) is 0.660. The van der Waals surface area contributed by atoms with Gasteiger partial charge in [-0.2, -0.15) is 0 Å². The predicted octanol–water partition coefficient (Wildman–Crippen LogP) is 4.34. The summed E-state index contributed by atoms with van der Waals surface area (Å²) in [4.78, 5) is 31.3. The Morgan fingerprint density at radius 2 is 1.93 bits per heavy atom. The van der Waals surface area contributed by atoms with Crippen molar-refractivity contribution in [3.8, 4) is 0 Å². The normalized spacial score (nSPS) is 15.2. The molecule has 0 radical (unpaired) electrons. The number of nitrogens with zero attached hydrogens (tertiary/aromatic N) is 2. The van der Waals surface area contributed by atoms with Crippen molar-refractivity contribution in [3.63, 3.8) is 0 Å². The molecule has 1 aliphatic rings. The number of hydrogen-bond donors (Lipinski definition) is 1. The van der Waals surface area contributed by atoms with E-state index in [2.05, 4.69) is 10.3 Å². The third-order valence-electron chi connectivity index (χ3n) is 4.79. The third kappa shape index (κ3) is 3.57. The van der Waals surface area contributed by atoms with E-state index in [-0.39, 0.29) is 11.9 Å². The maximum atomic E-state index is 13.1. The first-order chi connectivity index (χ1) is 14.1. The second-order valence-corrected chi connectivity index (χ2v) is 6.80. The molecular formula is C23H21N3O3. The van der Waals surface area contributed by atoms with Gasteiger partial charge < -0.3 is 10.1 Å². The number of pyridine rings is 1. The number of amides is 1. The van der Waals surface area contributed by atoms with Gasteiger partial charge in [0, 0.05) is 17.6 Å². The van der Waals surface area contributed by atoms with E-state index in [1.54, 1.807) is 48.4 Å². The smallest absolute Gasteiger partial charge is 0.338 e. The van der Waals surface area contributed by atoms with Gasteiger partial charge in [-0.1, -0.05) is 23.8 Å². The molecule has 0 bridgehead atoms. The molecule has 4 rings (SSSR count). The molecule has 1 aromatic heterocycles. The highest BCUT2D eigenvalue weighted by molar-refractivity contribution is 6.11. The standard InChI is InChI=1S/C23H21N3O3/c1-3-29-23(28)16-6-4-7-17(14-16)25-21-20-19(8-5-13-24-20)22(27)26(21)18-11-9-15(2)10-12-18/h4-14,21,25H,3H2,1-2H3/t21-/m1/s1. The molecule has 0 aliphatic carbocycles. The number of aromatic nitrogens is 1. The highest BCUT2D eigenvalue weighted by Crippen LogP contribution is 2.37. The van der Waals surface area contributed by atoms with Crippen LogP contribution in [0.1, 0.15) is 45.1 Å². The lowest BCUT2D eigenvalue weighted by molar-refractivity contribution is 0.0526. The number of nitrogens with one attached hydrogen (secondary N) is 1. The van der Waals surface area contributed by atoms with Gasteiger partial charge in [0.15, 0.2) is 6.17 Å². The molecule has 1 N–H and O–H groups in total. The number of fused-ring (bicyclic) bond motifs is 1. The van der Waals surface area contributed by atoms with Gasteiger partial charge in [-0.25, -0.2) is 4.79 Å². The molecule has 3 aromatic rings. The molecule has 0 spiro atoms. The summed E-state index contributed by atoms with van der Waals surface area (Å²) in [7, 11) is 0. The van der Waals surface area contributed by atoms with Crippen LogP contribution in [-0.4, -0.2) is 23.5 Å². The van der Waals surface area contributed by atoms with E-state index in [0.717, 1.165) is 11.3 Å². The van der Waals surface area contributed by atoms with Crippen molar-refractivity contribution >= 4 is 23.3 Å². The van der Waals surface area contributed by atoms with Crippen LogP contribution < -0.4 is 10.2 Å². The molecule has 0 saturated carbocycles.